The van der Waals surface area contributed by atoms with Crippen LogP contribution in [0.25, 0.3) is 0 Å². The van der Waals surface area contributed by atoms with E-state index in [4.69, 9.17) is 0 Å². The Balaban J connectivity index is 2.19. The molecule has 0 heterocycles. The van der Waals surface area contributed by atoms with Gasteiger partial charge >= 0.3 is 5.97 Å². The number of carboxylic acids is 1. The van der Waals surface area contributed by atoms with Gasteiger partial charge in [-0.05, 0) is 72.6 Å². The second kappa shape index (κ2) is 4.66. The fraction of sp³-hybridized carbons (Fsp3) is 0.588. The molecule has 1 aromatic carbocycles. The van der Waals surface area contributed by atoms with Crippen molar-refractivity contribution in [1.29, 1.82) is 0 Å². The van der Waals surface area contributed by atoms with Crippen LogP contribution in [0.5, 0.6) is 0 Å². The highest BCUT2D eigenvalue weighted by molar-refractivity contribution is 5.92. The molecular formula is C17H22O2. The molecule has 0 aliphatic heterocycles. The summed E-state index contributed by atoms with van der Waals surface area (Å²) < 4.78 is 0. The van der Waals surface area contributed by atoms with E-state index in [9.17, 15) is 9.90 Å². The third kappa shape index (κ3) is 2.18. The largest absolute Gasteiger partial charge is 0.478 e. The fourth-order valence-corrected chi connectivity index (χ4v) is 3.76. The van der Waals surface area contributed by atoms with Crippen molar-refractivity contribution >= 4 is 5.97 Å². The van der Waals surface area contributed by atoms with Gasteiger partial charge in [-0.25, -0.2) is 4.79 Å². The fourth-order valence-electron chi connectivity index (χ4n) is 3.76. The van der Waals surface area contributed by atoms with E-state index in [1.54, 1.807) is 0 Å². The van der Waals surface area contributed by atoms with Crippen LogP contribution in [0.3, 0.4) is 0 Å². The minimum absolute atomic E-state index is 0.615. The molecule has 0 saturated carbocycles. The summed E-state index contributed by atoms with van der Waals surface area (Å²) in [5.41, 5.74) is 5.55. The lowest BCUT2D eigenvalue weighted by molar-refractivity contribution is 0.0693. The topological polar surface area (TPSA) is 37.3 Å². The first kappa shape index (κ1) is 12.7. The van der Waals surface area contributed by atoms with Crippen LogP contribution < -0.4 is 0 Å². The Labute approximate surface area is 114 Å². The minimum atomic E-state index is -0.712. The first-order chi connectivity index (χ1) is 9.06. The van der Waals surface area contributed by atoms with E-state index >= 15 is 0 Å². The molecule has 102 valence electrons. The molecule has 0 spiro atoms. The standard InChI is InChI=1S/C17H22O2/c1-10-3-5-12-9-13-6-4-11(2)8-15(13)16(17(18)19)14(12)7-10/h9-11H,3-8H2,1-2H3,(H,18,19). The summed E-state index contributed by atoms with van der Waals surface area (Å²) in [6, 6.07) is 2.31. The lowest BCUT2D eigenvalue weighted by Gasteiger charge is -2.30. The number of hydrogen-bond acceptors (Lipinski definition) is 1. The number of hydrogen-bond donors (Lipinski definition) is 1. The number of aryl methyl sites for hydroxylation is 2. The average molecular weight is 258 g/mol. The number of benzene rings is 1. The van der Waals surface area contributed by atoms with Crippen molar-refractivity contribution in [3.63, 3.8) is 0 Å². The molecule has 1 N–H and O–H groups in total. The van der Waals surface area contributed by atoms with Gasteiger partial charge < -0.3 is 5.11 Å². The van der Waals surface area contributed by atoms with Gasteiger partial charge in [-0.3, -0.25) is 0 Å². The average Bonchev–Trinajstić information content (AvgIpc) is 2.35. The van der Waals surface area contributed by atoms with E-state index in [0.717, 1.165) is 36.8 Å². The van der Waals surface area contributed by atoms with Crippen LogP contribution >= 0.6 is 0 Å². The molecular weight excluding hydrogens is 236 g/mol. The van der Waals surface area contributed by atoms with Gasteiger partial charge in [0.15, 0.2) is 0 Å². The Morgan fingerprint density at radius 3 is 1.95 bits per heavy atom. The molecule has 2 aliphatic carbocycles. The molecule has 0 fully saturated rings. The molecule has 2 atom stereocenters. The van der Waals surface area contributed by atoms with Crippen molar-refractivity contribution in [2.75, 3.05) is 0 Å². The normalized spacial score (nSPS) is 25.6. The number of fused-ring (bicyclic) bond motifs is 2. The van der Waals surface area contributed by atoms with Crippen molar-refractivity contribution in [2.24, 2.45) is 11.8 Å². The van der Waals surface area contributed by atoms with Crippen LogP contribution in [0.15, 0.2) is 6.07 Å². The molecule has 0 amide bonds. The molecule has 0 saturated heterocycles. The van der Waals surface area contributed by atoms with Crippen molar-refractivity contribution in [1.82, 2.24) is 0 Å². The van der Waals surface area contributed by atoms with Gasteiger partial charge in [-0.15, -0.1) is 0 Å². The zero-order chi connectivity index (χ0) is 13.6. The predicted octanol–water partition coefficient (Wildman–Crippen LogP) is 3.63. The Morgan fingerprint density at radius 1 is 1.05 bits per heavy atom. The van der Waals surface area contributed by atoms with Gasteiger partial charge in [0.2, 0.25) is 0 Å². The second-order valence-corrected chi connectivity index (χ2v) is 6.53. The highest BCUT2D eigenvalue weighted by Gasteiger charge is 2.28. The van der Waals surface area contributed by atoms with Crippen LogP contribution in [0.2, 0.25) is 0 Å². The maximum atomic E-state index is 11.8. The molecule has 19 heavy (non-hydrogen) atoms. The number of carboxylic acid groups (broad SMARTS) is 1. The summed E-state index contributed by atoms with van der Waals surface area (Å²) in [5.74, 6) is 0.519. The number of rotatable bonds is 1. The predicted molar refractivity (Wildman–Crippen MR) is 75.8 cm³/mol. The molecule has 2 unspecified atom stereocenters. The first-order valence-corrected chi connectivity index (χ1v) is 7.46. The molecule has 2 nitrogen and oxygen atoms in total. The Hall–Kier alpha value is -1.31. The summed E-state index contributed by atoms with van der Waals surface area (Å²) in [5, 5.41) is 9.67. The van der Waals surface area contributed by atoms with E-state index in [2.05, 4.69) is 19.9 Å². The molecule has 2 heteroatoms. The van der Waals surface area contributed by atoms with Gasteiger partial charge in [0.1, 0.15) is 0 Å². The van der Waals surface area contributed by atoms with Crippen molar-refractivity contribution in [2.45, 2.75) is 52.4 Å². The summed E-state index contributed by atoms with van der Waals surface area (Å²) in [7, 11) is 0. The Morgan fingerprint density at radius 2 is 1.53 bits per heavy atom. The smallest absolute Gasteiger partial charge is 0.336 e. The highest BCUT2D eigenvalue weighted by atomic mass is 16.4. The van der Waals surface area contributed by atoms with Crippen LogP contribution in [-0.4, -0.2) is 11.1 Å². The lowest BCUT2D eigenvalue weighted by Crippen LogP contribution is -2.22. The molecule has 0 radical (unpaired) electrons. The third-order valence-corrected chi connectivity index (χ3v) is 4.86. The van der Waals surface area contributed by atoms with Gasteiger partial charge in [0, 0.05) is 0 Å². The van der Waals surface area contributed by atoms with E-state index in [0.29, 0.717) is 17.4 Å². The SMILES string of the molecule is CC1CCc2cc3c(c(C(=O)O)c2C1)CC(C)CC3. The van der Waals surface area contributed by atoms with Gasteiger partial charge in [-0.2, -0.15) is 0 Å². The zero-order valence-corrected chi connectivity index (χ0v) is 11.8. The van der Waals surface area contributed by atoms with Gasteiger partial charge in [0.05, 0.1) is 5.56 Å². The van der Waals surface area contributed by atoms with Crippen LogP contribution in [0.1, 0.15) is 59.3 Å². The maximum Gasteiger partial charge on any atom is 0.336 e. The van der Waals surface area contributed by atoms with Gasteiger partial charge in [0.25, 0.3) is 0 Å². The van der Waals surface area contributed by atoms with Crippen LogP contribution in [-0.2, 0) is 25.7 Å². The lowest BCUT2D eigenvalue weighted by atomic mass is 9.75. The van der Waals surface area contributed by atoms with Gasteiger partial charge in [-0.1, -0.05) is 19.9 Å². The van der Waals surface area contributed by atoms with E-state index < -0.39 is 5.97 Å². The van der Waals surface area contributed by atoms with Crippen molar-refractivity contribution in [3.8, 4) is 0 Å². The summed E-state index contributed by atoms with van der Waals surface area (Å²) >= 11 is 0. The quantitative estimate of drug-likeness (QED) is 0.835. The van der Waals surface area contributed by atoms with E-state index in [1.807, 2.05) is 0 Å². The summed E-state index contributed by atoms with van der Waals surface area (Å²) in [6.45, 7) is 4.47. The third-order valence-electron chi connectivity index (χ3n) is 4.86. The number of aromatic carboxylic acids is 1. The highest BCUT2D eigenvalue weighted by Crippen LogP contribution is 2.36. The maximum absolute atomic E-state index is 11.8. The monoisotopic (exact) mass is 258 g/mol. The zero-order valence-electron chi connectivity index (χ0n) is 11.8. The van der Waals surface area contributed by atoms with Crippen LogP contribution in [0.4, 0.5) is 0 Å². The van der Waals surface area contributed by atoms with Crippen LogP contribution in [0, 0.1) is 11.8 Å². The molecule has 2 aliphatic rings. The minimum Gasteiger partial charge on any atom is -0.478 e. The van der Waals surface area contributed by atoms with Crippen molar-refractivity contribution < 1.29 is 9.90 Å². The Kier molecular flexibility index (Phi) is 3.12. The van der Waals surface area contributed by atoms with Crippen molar-refractivity contribution in [3.05, 3.63) is 33.9 Å². The number of carbonyl (C=O) groups is 1. The van der Waals surface area contributed by atoms with E-state index in [-0.39, 0.29) is 0 Å². The summed E-state index contributed by atoms with van der Waals surface area (Å²) in [4.78, 5) is 11.8. The first-order valence-electron chi connectivity index (χ1n) is 7.46. The molecule has 0 bridgehead atoms. The summed E-state index contributed by atoms with van der Waals surface area (Å²) in [6.07, 6.45) is 6.39. The van der Waals surface area contributed by atoms with E-state index in [1.165, 1.54) is 24.0 Å². The molecule has 0 aromatic heterocycles. The Bertz CT molecular complexity index is 492. The molecule has 3 rings (SSSR count). The molecule has 1 aromatic rings. The second-order valence-electron chi connectivity index (χ2n) is 6.53.